The Bertz CT molecular complexity index is 449. The molecule has 2 unspecified atom stereocenters. The van der Waals surface area contributed by atoms with Crippen molar-refractivity contribution in [3.63, 3.8) is 0 Å². The van der Waals surface area contributed by atoms with Gasteiger partial charge in [-0.3, -0.25) is 0 Å². The minimum Gasteiger partial charge on any atom is -0.345 e. The van der Waals surface area contributed by atoms with Crippen LogP contribution in [0.25, 0.3) is 0 Å². The summed E-state index contributed by atoms with van der Waals surface area (Å²) in [6, 6.07) is 0.776. The van der Waals surface area contributed by atoms with Crippen LogP contribution in [0, 0.1) is 5.92 Å². The summed E-state index contributed by atoms with van der Waals surface area (Å²) in [4.78, 5) is 8.64. The third-order valence-electron chi connectivity index (χ3n) is 4.59. The van der Waals surface area contributed by atoms with Gasteiger partial charge in [-0.25, -0.2) is 4.98 Å². The lowest BCUT2D eigenvalue weighted by atomic mass is 9.85. The molecule has 112 valence electrons. The topological polar surface area (TPSA) is 28.2 Å². The average molecular weight is 293 g/mol. The van der Waals surface area contributed by atoms with Crippen LogP contribution in [0.5, 0.6) is 0 Å². The van der Waals surface area contributed by atoms with Gasteiger partial charge in [-0.15, -0.1) is 11.3 Å². The zero-order valence-electron chi connectivity index (χ0n) is 13.0. The fraction of sp³-hybridized carbons (Fsp3) is 0.812. The lowest BCUT2D eigenvalue weighted by Crippen LogP contribution is -2.35. The van der Waals surface area contributed by atoms with Crippen LogP contribution in [-0.2, 0) is 6.54 Å². The molecular weight excluding hydrogens is 266 g/mol. The lowest BCUT2D eigenvalue weighted by Gasteiger charge is -2.31. The molecule has 1 aromatic rings. The van der Waals surface area contributed by atoms with Gasteiger partial charge in [-0.2, -0.15) is 0 Å². The normalized spacial score (nSPS) is 26.9. The van der Waals surface area contributed by atoms with E-state index in [1.165, 1.54) is 48.7 Å². The van der Waals surface area contributed by atoms with Crippen LogP contribution in [0.3, 0.4) is 0 Å². The van der Waals surface area contributed by atoms with Crippen molar-refractivity contribution in [2.24, 2.45) is 5.92 Å². The molecule has 1 saturated heterocycles. The van der Waals surface area contributed by atoms with Crippen LogP contribution < -0.4 is 10.2 Å². The van der Waals surface area contributed by atoms with Crippen LogP contribution in [0.15, 0.2) is 6.20 Å². The Morgan fingerprint density at radius 2 is 2.10 bits per heavy atom. The van der Waals surface area contributed by atoms with Gasteiger partial charge >= 0.3 is 0 Å². The van der Waals surface area contributed by atoms with Crippen molar-refractivity contribution in [3.8, 4) is 0 Å². The number of hydrogen-bond acceptors (Lipinski definition) is 4. The van der Waals surface area contributed by atoms with Gasteiger partial charge in [0.1, 0.15) is 0 Å². The van der Waals surface area contributed by atoms with Gasteiger partial charge in [-0.05, 0) is 46.0 Å². The minimum absolute atomic E-state index is 0.173. The van der Waals surface area contributed by atoms with Crippen LogP contribution in [0.2, 0.25) is 0 Å². The zero-order chi connectivity index (χ0) is 14.2. The maximum Gasteiger partial charge on any atom is 0.185 e. The number of nitrogens with one attached hydrogen (secondary N) is 1. The van der Waals surface area contributed by atoms with Crippen LogP contribution >= 0.6 is 11.3 Å². The van der Waals surface area contributed by atoms with Crippen LogP contribution in [-0.4, -0.2) is 23.1 Å². The number of rotatable bonds is 3. The fourth-order valence-electron chi connectivity index (χ4n) is 3.51. The van der Waals surface area contributed by atoms with Gasteiger partial charge in [0, 0.05) is 35.7 Å². The first-order chi connectivity index (χ1) is 9.53. The highest BCUT2D eigenvalue weighted by atomic mass is 32.1. The van der Waals surface area contributed by atoms with Crippen molar-refractivity contribution in [1.29, 1.82) is 0 Å². The molecule has 0 spiro atoms. The van der Waals surface area contributed by atoms with Crippen molar-refractivity contribution >= 4 is 16.5 Å². The van der Waals surface area contributed by atoms with E-state index in [1.807, 2.05) is 11.3 Å². The second-order valence-electron chi connectivity index (χ2n) is 7.31. The average Bonchev–Trinajstić information content (AvgIpc) is 3.01. The summed E-state index contributed by atoms with van der Waals surface area (Å²) in [5.41, 5.74) is 0.173. The van der Waals surface area contributed by atoms with Crippen molar-refractivity contribution < 1.29 is 0 Å². The van der Waals surface area contributed by atoms with Crippen molar-refractivity contribution in [2.75, 3.05) is 11.4 Å². The number of nitrogens with zero attached hydrogens (tertiary/aromatic N) is 2. The number of thiazole rings is 1. The molecule has 1 aliphatic carbocycles. The quantitative estimate of drug-likeness (QED) is 0.919. The highest BCUT2D eigenvalue weighted by Gasteiger charge is 2.36. The monoisotopic (exact) mass is 293 g/mol. The molecule has 1 saturated carbocycles. The van der Waals surface area contributed by atoms with E-state index in [-0.39, 0.29) is 5.54 Å². The second-order valence-corrected chi connectivity index (χ2v) is 8.40. The van der Waals surface area contributed by atoms with E-state index in [4.69, 9.17) is 4.98 Å². The molecular formula is C16H27N3S. The maximum absolute atomic E-state index is 4.69. The smallest absolute Gasteiger partial charge is 0.185 e. The number of fused-ring (bicyclic) bond motifs is 1. The number of anilines is 1. The molecule has 4 heteroatoms. The second kappa shape index (κ2) is 5.64. The molecule has 1 N–H and O–H groups in total. The third kappa shape index (κ3) is 3.17. The Hall–Kier alpha value is -0.610. The summed E-state index contributed by atoms with van der Waals surface area (Å²) < 4.78 is 0. The Labute approximate surface area is 126 Å². The van der Waals surface area contributed by atoms with Crippen LogP contribution in [0.1, 0.15) is 57.8 Å². The number of hydrogen-bond donors (Lipinski definition) is 1. The molecule has 0 radical (unpaired) electrons. The number of aromatic nitrogens is 1. The molecule has 0 aromatic carbocycles. The summed E-state index contributed by atoms with van der Waals surface area (Å²) in [6.07, 6.45) is 9.09. The predicted molar refractivity (Wildman–Crippen MR) is 86.4 cm³/mol. The predicted octanol–water partition coefficient (Wildman–Crippen LogP) is 3.80. The molecule has 3 nitrogen and oxygen atoms in total. The van der Waals surface area contributed by atoms with E-state index in [9.17, 15) is 0 Å². The van der Waals surface area contributed by atoms with Gasteiger partial charge in [-0.1, -0.05) is 12.8 Å². The first-order valence-electron chi connectivity index (χ1n) is 7.99. The molecule has 2 atom stereocenters. The molecule has 20 heavy (non-hydrogen) atoms. The van der Waals surface area contributed by atoms with E-state index in [1.54, 1.807) is 0 Å². The van der Waals surface area contributed by atoms with Gasteiger partial charge in [0.05, 0.1) is 0 Å². The van der Waals surface area contributed by atoms with Crippen molar-refractivity contribution in [3.05, 3.63) is 11.1 Å². The fourth-order valence-corrected chi connectivity index (χ4v) is 4.44. The van der Waals surface area contributed by atoms with E-state index in [0.29, 0.717) is 0 Å². The minimum atomic E-state index is 0.173. The summed E-state index contributed by atoms with van der Waals surface area (Å²) in [5.74, 6) is 0.934. The van der Waals surface area contributed by atoms with Crippen molar-refractivity contribution in [1.82, 2.24) is 10.3 Å². The van der Waals surface area contributed by atoms with Crippen LogP contribution in [0.4, 0.5) is 5.13 Å². The van der Waals surface area contributed by atoms with E-state index >= 15 is 0 Å². The Morgan fingerprint density at radius 1 is 1.30 bits per heavy atom. The molecule has 0 bridgehead atoms. The third-order valence-corrected chi connectivity index (χ3v) is 5.62. The molecule has 2 fully saturated rings. The van der Waals surface area contributed by atoms with Gasteiger partial charge < -0.3 is 10.2 Å². The van der Waals surface area contributed by atoms with Gasteiger partial charge in [0.25, 0.3) is 0 Å². The lowest BCUT2D eigenvalue weighted by molar-refractivity contribution is 0.342. The highest BCUT2D eigenvalue weighted by molar-refractivity contribution is 7.15. The van der Waals surface area contributed by atoms with Gasteiger partial charge in [0.15, 0.2) is 5.13 Å². The Morgan fingerprint density at radius 3 is 2.90 bits per heavy atom. The van der Waals surface area contributed by atoms with Crippen molar-refractivity contribution in [2.45, 2.75) is 71.0 Å². The summed E-state index contributed by atoms with van der Waals surface area (Å²) in [7, 11) is 0. The largest absolute Gasteiger partial charge is 0.345 e. The van der Waals surface area contributed by atoms with Gasteiger partial charge in [0.2, 0.25) is 0 Å². The molecule has 1 aromatic heterocycles. The molecule has 1 aliphatic heterocycles. The van der Waals surface area contributed by atoms with E-state index in [2.05, 4.69) is 37.2 Å². The first kappa shape index (κ1) is 14.3. The first-order valence-corrected chi connectivity index (χ1v) is 8.81. The maximum atomic E-state index is 4.69. The summed E-state index contributed by atoms with van der Waals surface area (Å²) in [5, 5.41) is 4.81. The highest BCUT2D eigenvalue weighted by Crippen LogP contribution is 2.39. The standard InChI is InChI=1S/C16H27N3S/c1-16(2,3)18-11-13-10-17-15(20-13)19-9-8-12-6-4-5-7-14(12)19/h10,12,14,18H,4-9,11H2,1-3H3. The Balaban J connectivity index is 1.64. The summed E-state index contributed by atoms with van der Waals surface area (Å²) in [6.45, 7) is 8.78. The summed E-state index contributed by atoms with van der Waals surface area (Å²) >= 11 is 1.88. The molecule has 0 amide bonds. The molecule has 3 rings (SSSR count). The Kier molecular flexibility index (Phi) is 4.04. The molecule has 2 aliphatic rings. The zero-order valence-corrected chi connectivity index (χ0v) is 13.8. The SMILES string of the molecule is CC(C)(C)NCc1cnc(N2CCC3CCCCC32)s1. The van der Waals surface area contributed by atoms with E-state index < -0.39 is 0 Å². The molecule has 2 heterocycles. The van der Waals surface area contributed by atoms with E-state index in [0.717, 1.165) is 18.5 Å².